The summed E-state index contributed by atoms with van der Waals surface area (Å²) in [4.78, 5) is 41.9. The number of anilines is 2. The molecule has 0 saturated heterocycles. The molecule has 2 aromatic rings. The van der Waals surface area contributed by atoms with Crippen molar-refractivity contribution in [3.05, 3.63) is 29.4 Å². The van der Waals surface area contributed by atoms with Crippen molar-refractivity contribution in [1.29, 1.82) is 0 Å². The first-order valence-electron chi connectivity index (χ1n) is 12.7. The second kappa shape index (κ2) is 13.3. The summed E-state index contributed by atoms with van der Waals surface area (Å²) in [6.45, 7) is 9.54. The number of aromatic nitrogens is 1. The lowest BCUT2D eigenvalue weighted by molar-refractivity contribution is 0.109. The number of nitrogens with zero attached hydrogens (tertiary/aromatic N) is 1. The molecule has 1 heterocycles. The second-order valence-electron chi connectivity index (χ2n) is 9.53. The predicted molar refractivity (Wildman–Crippen MR) is 145 cm³/mol. The van der Waals surface area contributed by atoms with Crippen LogP contribution in [0.1, 0.15) is 71.2 Å². The van der Waals surface area contributed by atoms with Crippen LogP contribution in [0.3, 0.4) is 0 Å². The zero-order valence-electron chi connectivity index (χ0n) is 22.1. The Labute approximate surface area is 221 Å². The van der Waals surface area contributed by atoms with E-state index in [1.165, 1.54) is 0 Å². The van der Waals surface area contributed by atoms with E-state index in [-0.39, 0.29) is 30.4 Å². The fraction of sp³-hybridized carbons (Fsp3) is 0.538. The largest absolute Gasteiger partial charge is 0.447 e. The number of nitrogens with one attached hydrogen (secondary N) is 4. The van der Waals surface area contributed by atoms with Crippen molar-refractivity contribution in [3.63, 3.8) is 0 Å². The van der Waals surface area contributed by atoms with E-state index in [4.69, 9.17) is 14.5 Å². The molecule has 4 amide bonds. The van der Waals surface area contributed by atoms with Gasteiger partial charge in [-0.05, 0) is 78.5 Å². The number of ether oxygens (including phenoxy) is 2. The van der Waals surface area contributed by atoms with Crippen molar-refractivity contribution in [3.8, 4) is 10.4 Å². The Morgan fingerprint density at radius 2 is 1.68 bits per heavy atom. The second-order valence-corrected chi connectivity index (χ2v) is 10.6. The van der Waals surface area contributed by atoms with Crippen LogP contribution in [0.15, 0.2) is 24.4 Å². The molecule has 1 fully saturated rings. The number of hydrogen-bond donors (Lipinski definition) is 4. The van der Waals surface area contributed by atoms with Gasteiger partial charge in [-0.3, -0.25) is 5.32 Å². The van der Waals surface area contributed by atoms with Gasteiger partial charge >= 0.3 is 18.2 Å². The van der Waals surface area contributed by atoms with Gasteiger partial charge in [0.25, 0.3) is 0 Å². The van der Waals surface area contributed by atoms with Gasteiger partial charge in [-0.2, -0.15) is 0 Å². The minimum Gasteiger partial charge on any atom is -0.447 e. The summed E-state index contributed by atoms with van der Waals surface area (Å²) in [7, 11) is 0. The number of hydrogen-bond acceptors (Lipinski definition) is 7. The highest BCUT2D eigenvalue weighted by Gasteiger charge is 2.26. The first-order valence-corrected chi connectivity index (χ1v) is 13.6. The molecule has 11 heteroatoms. The van der Waals surface area contributed by atoms with Crippen LogP contribution in [0.25, 0.3) is 10.4 Å². The molecule has 0 atom stereocenters. The lowest BCUT2D eigenvalue weighted by atomic mass is 9.86. The van der Waals surface area contributed by atoms with E-state index in [1.807, 2.05) is 33.0 Å². The Morgan fingerprint density at radius 1 is 1.00 bits per heavy atom. The normalized spacial score (nSPS) is 17.3. The maximum Gasteiger partial charge on any atom is 0.411 e. The summed E-state index contributed by atoms with van der Waals surface area (Å²) < 4.78 is 10.3. The average molecular weight is 532 g/mol. The highest BCUT2D eigenvalue weighted by Crippen LogP contribution is 2.40. The molecule has 37 heavy (non-hydrogen) atoms. The highest BCUT2D eigenvalue weighted by atomic mass is 32.1. The lowest BCUT2D eigenvalue weighted by Gasteiger charge is -2.28. The molecular weight excluding hydrogens is 494 g/mol. The Balaban J connectivity index is 1.72. The summed E-state index contributed by atoms with van der Waals surface area (Å²) in [5.74, 6) is 0.310. The lowest BCUT2D eigenvalue weighted by Crippen LogP contribution is -2.38. The summed E-state index contributed by atoms with van der Waals surface area (Å²) in [5.41, 5.74) is 1.87. The van der Waals surface area contributed by atoms with Gasteiger partial charge in [-0.1, -0.05) is 0 Å². The monoisotopic (exact) mass is 531 g/mol. The Hall–Kier alpha value is -3.34. The van der Waals surface area contributed by atoms with E-state index in [9.17, 15) is 14.4 Å². The van der Waals surface area contributed by atoms with Crippen LogP contribution in [0.5, 0.6) is 0 Å². The number of carbonyl (C=O) groups is 3. The van der Waals surface area contributed by atoms with E-state index in [2.05, 4.69) is 21.3 Å². The summed E-state index contributed by atoms with van der Waals surface area (Å²) in [6.07, 6.45) is 4.08. The molecule has 1 saturated carbocycles. The Kier molecular flexibility index (Phi) is 10.1. The van der Waals surface area contributed by atoms with Crippen molar-refractivity contribution in [2.45, 2.75) is 84.5 Å². The standard InChI is InChI=1S/C26H37N5O5S/c1-6-27-24(32)31-21-13-19(30-26(34)36-16(4)5)11-12-20(21)22-14-28-23(37-22)17-7-9-18(10-8-17)29-25(33)35-15(2)3/h11-18H,6-10H2,1-5H3,(H,29,33)(H,30,34)(H2,27,31,32)/t17-,18-. The number of alkyl carbamates (subject to hydrolysis) is 1. The maximum absolute atomic E-state index is 12.3. The van der Waals surface area contributed by atoms with Gasteiger partial charge in [0.15, 0.2) is 0 Å². The van der Waals surface area contributed by atoms with Crippen LogP contribution in [-0.2, 0) is 9.47 Å². The molecule has 1 aromatic heterocycles. The molecule has 3 rings (SSSR count). The van der Waals surface area contributed by atoms with Crippen LogP contribution in [0, 0.1) is 0 Å². The van der Waals surface area contributed by atoms with E-state index < -0.39 is 6.09 Å². The van der Waals surface area contributed by atoms with Crippen molar-refractivity contribution >= 4 is 40.9 Å². The number of urea groups is 1. The van der Waals surface area contributed by atoms with Crippen LogP contribution >= 0.6 is 11.3 Å². The molecule has 0 unspecified atom stereocenters. The third-order valence-corrected chi connectivity index (χ3v) is 6.92. The van der Waals surface area contributed by atoms with Gasteiger partial charge in [-0.25, -0.2) is 19.4 Å². The van der Waals surface area contributed by atoms with Gasteiger partial charge in [0, 0.05) is 36.0 Å². The van der Waals surface area contributed by atoms with Gasteiger partial charge < -0.3 is 25.4 Å². The fourth-order valence-corrected chi connectivity index (χ4v) is 5.26. The van der Waals surface area contributed by atoms with E-state index in [1.54, 1.807) is 37.3 Å². The van der Waals surface area contributed by atoms with Gasteiger partial charge in [0.05, 0.1) is 27.8 Å². The maximum atomic E-state index is 12.3. The van der Waals surface area contributed by atoms with Gasteiger partial charge in [0.1, 0.15) is 0 Å². The molecule has 0 spiro atoms. The van der Waals surface area contributed by atoms with E-state index in [0.717, 1.165) is 41.1 Å². The molecule has 1 aliphatic carbocycles. The van der Waals surface area contributed by atoms with Crippen LogP contribution in [0.4, 0.5) is 25.8 Å². The van der Waals surface area contributed by atoms with Crippen molar-refractivity contribution < 1.29 is 23.9 Å². The summed E-state index contributed by atoms with van der Waals surface area (Å²) in [6, 6.07) is 5.10. The number of benzene rings is 1. The highest BCUT2D eigenvalue weighted by molar-refractivity contribution is 7.15. The van der Waals surface area contributed by atoms with Crippen molar-refractivity contribution in [2.24, 2.45) is 0 Å². The molecule has 0 aliphatic heterocycles. The van der Waals surface area contributed by atoms with Gasteiger partial charge in [-0.15, -0.1) is 11.3 Å². The van der Waals surface area contributed by atoms with E-state index >= 15 is 0 Å². The number of amides is 4. The first-order chi connectivity index (χ1) is 17.6. The Morgan fingerprint density at radius 3 is 2.32 bits per heavy atom. The first kappa shape index (κ1) is 28.2. The quantitative estimate of drug-likeness (QED) is 0.327. The molecule has 1 aromatic carbocycles. The number of carbonyl (C=O) groups excluding carboxylic acids is 3. The third-order valence-electron chi connectivity index (χ3n) is 5.72. The topological polar surface area (TPSA) is 131 Å². The van der Waals surface area contributed by atoms with E-state index in [0.29, 0.717) is 23.8 Å². The smallest absolute Gasteiger partial charge is 0.411 e. The van der Waals surface area contributed by atoms with Crippen LogP contribution < -0.4 is 21.3 Å². The fourth-order valence-electron chi connectivity index (χ4n) is 4.13. The van der Waals surface area contributed by atoms with Gasteiger partial charge in [0.2, 0.25) is 0 Å². The average Bonchev–Trinajstić information content (AvgIpc) is 3.28. The van der Waals surface area contributed by atoms with Crippen molar-refractivity contribution in [1.82, 2.24) is 15.6 Å². The molecule has 0 bridgehead atoms. The summed E-state index contributed by atoms with van der Waals surface area (Å²) in [5, 5.41) is 12.3. The molecule has 10 nitrogen and oxygen atoms in total. The molecule has 1 aliphatic rings. The number of thiazole rings is 1. The third kappa shape index (κ3) is 8.63. The number of rotatable bonds is 8. The molecule has 202 valence electrons. The zero-order valence-corrected chi connectivity index (χ0v) is 22.9. The minimum absolute atomic E-state index is 0.109. The van der Waals surface area contributed by atoms with Crippen LogP contribution in [0.2, 0.25) is 0 Å². The Bertz CT molecular complexity index is 1080. The summed E-state index contributed by atoms with van der Waals surface area (Å²) >= 11 is 1.59. The SMILES string of the molecule is CCNC(=O)Nc1cc(NC(=O)OC(C)C)ccc1-c1cnc([C@H]2CC[C@H](NC(=O)OC(C)C)CC2)s1. The minimum atomic E-state index is -0.561. The van der Waals surface area contributed by atoms with Crippen molar-refractivity contribution in [2.75, 3.05) is 17.2 Å². The molecule has 4 N–H and O–H groups in total. The van der Waals surface area contributed by atoms with Crippen LogP contribution in [-0.4, -0.2) is 48.0 Å². The molecule has 0 radical (unpaired) electrons. The zero-order chi connectivity index (χ0) is 26.9. The molecular formula is C26H37N5O5S. The predicted octanol–water partition coefficient (Wildman–Crippen LogP) is 6.07.